The first kappa shape index (κ1) is 8.05. The van der Waals surface area contributed by atoms with E-state index in [4.69, 9.17) is 0 Å². The third-order valence-electron chi connectivity index (χ3n) is 2.28. The molecule has 0 saturated carbocycles. The zero-order valence-corrected chi connectivity index (χ0v) is 7.83. The number of pyridine rings is 1. The maximum atomic E-state index is 4.35. The van der Waals surface area contributed by atoms with Gasteiger partial charge in [-0.2, -0.15) is 0 Å². The van der Waals surface area contributed by atoms with Gasteiger partial charge in [0.05, 0.1) is 11.2 Å². The molecule has 0 fully saturated rings. The lowest BCUT2D eigenvalue weighted by Crippen LogP contribution is -1.86. The molecule has 0 aliphatic heterocycles. The Kier molecular flexibility index (Phi) is 1.89. The van der Waals surface area contributed by atoms with Crippen molar-refractivity contribution in [3.8, 4) is 0 Å². The Morgan fingerprint density at radius 3 is 3.08 bits per heavy atom. The monoisotopic (exact) mass is 172 g/mol. The third kappa shape index (κ3) is 1.24. The summed E-state index contributed by atoms with van der Waals surface area (Å²) in [7, 11) is 0. The van der Waals surface area contributed by atoms with Crippen molar-refractivity contribution in [2.75, 3.05) is 0 Å². The van der Waals surface area contributed by atoms with Crippen molar-refractivity contribution in [1.29, 1.82) is 0 Å². The Bertz CT molecular complexity index is 452. The van der Waals surface area contributed by atoms with Crippen LogP contribution in [0.3, 0.4) is 0 Å². The Hall–Kier alpha value is -1.57. The minimum atomic E-state index is 1.05. The normalized spacial score (nSPS) is 12.3. The summed E-state index contributed by atoms with van der Waals surface area (Å²) < 4.78 is 0. The molecular weight excluding hydrogens is 160 g/mol. The third-order valence-corrected chi connectivity index (χ3v) is 2.28. The van der Waals surface area contributed by atoms with Crippen molar-refractivity contribution in [3.05, 3.63) is 36.3 Å². The number of hydrogen-bond donors (Lipinski definition) is 1. The van der Waals surface area contributed by atoms with Crippen LogP contribution in [0.4, 0.5) is 0 Å². The molecule has 0 aliphatic rings. The van der Waals surface area contributed by atoms with Gasteiger partial charge in [0.1, 0.15) is 0 Å². The fourth-order valence-corrected chi connectivity index (χ4v) is 1.42. The minimum absolute atomic E-state index is 1.05. The first-order valence-electron chi connectivity index (χ1n) is 4.38. The number of H-pyrrole nitrogens is 1. The van der Waals surface area contributed by atoms with Gasteiger partial charge in [-0.15, -0.1) is 0 Å². The summed E-state index contributed by atoms with van der Waals surface area (Å²) in [5, 5.41) is 1.21. The number of aromatic nitrogens is 2. The van der Waals surface area contributed by atoms with E-state index in [1.165, 1.54) is 11.0 Å². The molecule has 1 N–H and O–H groups in total. The van der Waals surface area contributed by atoms with Crippen LogP contribution in [0.15, 0.2) is 30.6 Å². The molecule has 2 nitrogen and oxygen atoms in total. The molecular formula is C11H12N2. The van der Waals surface area contributed by atoms with Gasteiger partial charge in [0.2, 0.25) is 0 Å². The Labute approximate surface area is 77.3 Å². The Morgan fingerprint density at radius 2 is 2.31 bits per heavy atom. The van der Waals surface area contributed by atoms with Gasteiger partial charge >= 0.3 is 0 Å². The Morgan fingerprint density at radius 1 is 1.46 bits per heavy atom. The minimum Gasteiger partial charge on any atom is -0.359 e. The molecule has 2 aromatic heterocycles. The average Bonchev–Trinajstić information content (AvgIpc) is 2.63. The van der Waals surface area contributed by atoms with E-state index in [0.717, 1.165) is 11.2 Å². The van der Waals surface area contributed by atoms with E-state index in [0.29, 0.717) is 0 Å². The first-order valence-corrected chi connectivity index (χ1v) is 4.38. The van der Waals surface area contributed by atoms with Gasteiger partial charge in [-0.05, 0) is 31.6 Å². The highest BCUT2D eigenvalue weighted by atomic mass is 14.8. The van der Waals surface area contributed by atoms with E-state index in [-0.39, 0.29) is 0 Å². The highest BCUT2D eigenvalue weighted by molar-refractivity contribution is 5.88. The molecule has 2 heteroatoms. The van der Waals surface area contributed by atoms with Crippen LogP contribution in [-0.4, -0.2) is 9.97 Å². The molecule has 2 aromatic rings. The molecule has 0 saturated heterocycles. The molecule has 13 heavy (non-hydrogen) atoms. The molecule has 0 aromatic carbocycles. The fourth-order valence-electron chi connectivity index (χ4n) is 1.42. The molecule has 0 spiro atoms. The van der Waals surface area contributed by atoms with Crippen LogP contribution in [0, 0.1) is 0 Å². The topological polar surface area (TPSA) is 28.7 Å². The summed E-state index contributed by atoms with van der Waals surface area (Å²) in [6.45, 7) is 4.10. The van der Waals surface area contributed by atoms with Crippen molar-refractivity contribution in [2.24, 2.45) is 0 Å². The second-order valence-corrected chi connectivity index (χ2v) is 3.07. The molecule has 0 bridgehead atoms. The lowest BCUT2D eigenvalue weighted by atomic mass is 10.1. The van der Waals surface area contributed by atoms with Crippen molar-refractivity contribution < 1.29 is 0 Å². The Balaban J connectivity index is 2.75. The second-order valence-electron chi connectivity index (χ2n) is 3.07. The zero-order chi connectivity index (χ0) is 9.26. The van der Waals surface area contributed by atoms with E-state index in [1.54, 1.807) is 0 Å². The molecule has 2 heterocycles. The van der Waals surface area contributed by atoms with Gasteiger partial charge in [0.25, 0.3) is 0 Å². The van der Waals surface area contributed by atoms with Crippen LogP contribution in [0.1, 0.15) is 19.5 Å². The molecule has 2 rings (SSSR count). The summed E-state index contributed by atoms with van der Waals surface area (Å²) >= 11 is 0. The van der Waals surface area contributed by atoms with E-state index < -0.39 is 0 Å². The number of nitrogens with one attached hydrogen (secondary N) is 1. The second kappa shape index (κ2) is 3.05. The van der Waals surface area contributed by atoms with Crippen LogP contribution in [0.2, 0.25) is 0 Å². The lowest BCUT2D eigenvalue weighted by Gasteiger charge is -2.00. The lowest BCUT2D eigenvalue weighted by molar-refractivity contribution is 1.28. The molecule has 0 atom stereocenters. The predicted octanol–water partition coefficient (Wildman–Crippen LogP) is 2.99. The maximum Gasteiger partial charge on any atom is 0.0896 e. The average molecular weight is 172 g/mol. The number of allylic oxidation sites excluding steroid dienone is 2. The van der Waals surface area contributed by atoms with E-state index in [2.05, 4.69) is 29.0 Å². The predicted molar refractivity (Wildman–Crippen MR) is 55.4 cm³/mol. The number of hydrogen-bond acceptors (Lipinski definition) is 1. The first-order chi connectivity index (χ1) is 6.33. The van der Waals surface area contributed by atoms with Crippen molar-refractivity contribution >= 4 is 16.5 Å². The molecule has 0 unspecified atom stereocenters. The van der Waals surface area contributed by atoms with Crippen LogP contribution in [0.5, 0.6) is 0 Å². The molecule has 66 valence electrons. The number of fused-ring (bicyclic) bond motifs is 1. The van der Waals surface area contributed by atoms with Gasteiger partial charge < -0.3 is 4.98 Å². The quantitative estimate of drug-likeness (QED) is 0.703. The number of nitrogens with zero attached hydrogens (tertiary/aromatic N) is 1. The summed E-state index contributed by atoms with van der Waals surface area (Å²) in [5.74, 6) is 0. The van der Waals surface area contributed by atoms with Crippen LogP contribution in [-0.2, 0) is 0 Å². The summed E-state index contributed by atoms with van der Waals surface area (Å²) in [6, 6.07) is 4.07. The van der Waals surface area contributed by atoms with E-state index in [1.807, 2.05) is 25.4 Å². The van der Waals surface area contributed by atoms with E-state index in [9.17, 15) is 0 Å². The maximum absolute atomic E-state index is 4.35. The largest absolute Gasteiger partial charge is 0.359 e. The number of aromatic amines is 1. The van der Waals surface area contributed by atoms with Crippen molar-refractivity contribution in [1.82, 2.24) is 9.97 Å². The van der Waals surface area contributed by atoms with Crippen molar-refractivity contribution in [3.63, 3.8) is 0 Å². The summed E-state index contributed by atoms with van der Waals surface area (Å²) in [5.41, 5.74) is 3.37. The van der Waals surface area contributed by atoms with Gasteiger partial charge in [0.15, 0.2) is 0 Å². The van der Waals surface area contributed by atoms with E-state index >= 15 is 0 Å². The molecule has 0 amide bonds. The number of rotatable bonds is 1. The zero-order valence-electron chi connectivity index (χ0n) is 7.83. The van der Waals surface area contributed by atoms with Gasteiger partial charge in [-0.3, -0.25) is 4.98 Å². The van der Waals surface area contributed by atoms with Crippen LogP contribution >= 0.6 is 0 Å². The van der Waals surface area contributed by atoms with Gasteiger partial charge in [0, 0.05) is 17.8 Å². The highest BCUT2D eigenvalue weighted by Gasteiger charge is 2.03. The van der Waals surface area contributed by atoms with Gasteiger partial charge in [-0.25, -0.2) is 0 Å². The van der Waals surface area contributed by atoms with Crippen LogP contribution < -0.4 is 0 Å². The fraction of sp³-hybridized carbons (Fsp3) is 0.182. The van der Waals surface area contributed by atoms with Crippen LogP contribution in [0.25, 0.3) is 16.5 Å². The van der Waals surface area contributed by atoms with Crippen molar-refractivity contribution in [2.45, 2.75) is 13.8 Å². The standard InChI is InChI=1S/C11H12N2/c1-3-8(2)10-11-9(4-6-12-10)5-7-13-11/h3-7,13H,1-2H3/b8-3+. The van der Waals surface area contributed by atoms with Gasteiger partial charge in [-0.1, -0.05) is 6.08 Å². The molecule has 0 aliphatic carbocycles. The summed E-state index contributed by atoms with van der Waals surface area (Å²) in [4.78, 5) is 7.55. The summed E-state index contributed by atoms with van der Waals surface area (Å²) in [6.07, 6.45) is 5.86. The SMILES string of the molecule is C/C=C(\C)c1nccc2cc[nH]c12. The highest BCUT2D eigenvalue weighted by Crippen LogP contribution is 2.20. The smallest absolute Gasteiger partial charge is 0.0896 e. The molecule has 0 radical (unpaired) electrons.